The van der Waals surface area contributed by atoms with Gasteiger partial charge in [-0.05, 0) is 37.3 Å². The molecule has 0 amide bonds. The lowest BCUT2D eigenvalue weighted by molar-refractivity contribution is 0.608. The van der Waals surface area contributed by atoms with Gasteiger partial charge in [0.2, 0.25) is 0 Å². The lowest BCUT2D eigenvalue weighted by atomic mass is 10.00. The van der Waals surface area contributed by atoms with Crippen LogP contribution >= 0.6 is 0 Å². The summed E-state index contributed by atoms with van der Waals surface area (Å²) in [6.07, 6.45) is 10.6. The molecule has 0 fully saturated rings. The third-order valence-electron chi connectivity index (χ3n) is 2.71. The zero-order chi connectivity index (χ0) is 10.5. The van der Waals surface area contributed by atoms with Gasteiger partial charge < -0.3 is 0 Å². The van der Waals surface area contributed by atoms with E-state index in [0.29, 0.717) is 0 Å². The van der Waals surface area contributed by atoms with Crippen molar-refractivity contribution in [1.82, 2.24) is 0 Å². The van der Waals surface area contributed by atoms with Crippen LogP contribution in [0, 0.1) is 5.82 Å². The molecule has 1 aromatic carbocycles. The molecule has 0 radical (unpaired) electrons. The van der Waals surface area contributed by atoms with E-state index in [1.54, 1.807) is 6.07 Å². The Morgan fingerprint density at radius 1 is 1.07 bits per heavy atom. The average Bonchev–Trinajstić information content (AvgIpc) is 2.29. The Hall–Kier alpha value is -1.37. The van der Waals surface area contributed by atoms with E-state index in [2.05, 4.69) is 18.2 Å². The van der Waals surface area contributed by atoms with E-state index in [9.17, 15) is 4.39 Å². The van der Waals surface area contributed by atoms with E-state index < -0.39 is 0 Å². The Morgan fingerprint density at radius 3 is 2.67 bits per heavy atom. The fraction of sp³-hybridized carbons (Fsp3) is 0.286. The minimum absolute atomic E-state index is 0.0853. The van der Waals surface area contributed by atoms with Crippen LogP contribution < -0.4 is 0 Å². The van der Waals surface area contributed by atoms with Crippen LogP contribution in [-0.2, 0) is 6.42 Å². The normalized spacial score (nSPS) is 15.1. The van der Waals surface area contributed by atoms with Gasteiger partial charge in [-0.3, -0.25) is 0 Å². The van der Waals surface area contributed by atoms with Gasteiger partial charge in [0.25, 0.3) is 0 Å². The highest BCUT2D eigenvalue weighted by Crippen LogP contribution is 2.17. The number of rotatable bonds is 3. The minimum atomic E-state index is -0.0853. The molecule has 0 heterocycles. The number of allylic oxidation sites excluding steroid dienone is 4. The van der Waals surface area contributed by atoms with Crippen molar-refractivity contribution in [2.24, 2.45) is 0 Å². The van der Waals surface area contributed by atoms with Crippen LogP contribution in [0.2, 0.25) is 0 Å². The van der Waals surface area contributed by atoms with E-state index >= 15 is 0 Å². The summed E-state index contributed by atoms with van der Waals surface area (Å²) in [6.45, 7) is 0. The predicted molar refractivity (Wildman–Crippen MR) is 61.2 cm³/mol. The van der Waals surface area contributed by atoms with Crippen molar-refractivity contribution in [2.75, 3.05) is 0 Å². The zero-order valence-electron chi connectivity index (χ0n) is 8.75. The summed E-state index contributed by atoms with van der Waals surface area (Å²) in [5.74, 6) is -0.0853. The van der Waals surface area contributed by atoms with Crippen LogP contribution in [0.4, 0.5) is 4.39 Å². The van der Waals surface area contributed by atoms with Crippen molar-refractivity contribution in [3.63, 3.8) is 0 Å². The molecule has 0 spiro atoms. The highest BCUT2D eigenvalue weighted by molar-refractivity contribution is 5.25. The smallest absolute Gasteiger partial charge is 0.126 e. The monoisotopic (exact) mass is 202 g/mol. The summed E-state index contributed by atoms with van der Waals surface area (Å²) in [5, 5.41) is 0. The van der Waals surface area contributed by atoms with Gasteiger partial charge in [-0.15, -0.1) is 0 Å². The highest BCUT2D eigenvalue weighted by Gasteiger charge is 2.02. The topological polar surface area (TPSA) is 0 Å². The fourth-order valence-corrected chi connectivity index (χ4v) is 1.83. The van der Waals surface area contributed by atoms with E-state index in [-0.39, 0.29) is 5.82 Å². The summed E-state index contributed by atoms with van der Waals surface area (Å²) >= 11 is 0. The minimum Gasteiger partial charge on any atom is -0.207 e. The van der Waals surface area contributed by atoms with Crippen LogP contribution in [-0.4, -0.2) is 0 Å². The van der Waals surface area contributed by atoms with E-state index in [0.717, 1.165) is 31.2 Å². The quantitative estimate of drug-likeness (QED) is 0.694. The maximum atomic E-state index is 13.3. The standard InChI is InChI=1S/C14H15F/c15-14-9-5-4-8-13(14)11-10-12-6-2-1-3-7-12/h2,4-9H,1,3,10-11H2. The Kier molecular flexibility index (Phi) is 3.33. The third-order valence-corrected chi connectivity index (χ3v) is 2.71. The Balaban J connectivity index is 1.96. The molecule has 78 valence electrons. The molecule has 1 aliphatic carbocycles. The summed E-state index contributed by atoms with van der Waals surface area (Å²) < 4.78 is 13.3. The van der Waals surface area contributed by atoms with Crippen molar-refractivity contribution in [2.45, 2.75) is 25.7 Å². The third kappa shape index (κ3) is 2.79. The van der Waals surface area contributed by atoms with Crippen LogP contribution in [0.1, 0.15) is 24.8 Å². The molecule has 0 N–H and O–H groups in total. The second kappa shape index (κ2) is 4.92. The Morgan fingerprint density at radius 2 is 1.93 bits per heavy atom. The van der Waals surface area contributed by atoms with Gasteiger partial charge in [-0.1, -0.05) is 42.0 Å². The van der Waals surface area contributed by atoms with Gasteiger partial charge >= 0.3 is 0 Å². The van der Waals surface area contributed by atoms with E-state index in [1.165, 1.54) is 11.6 Å². The van der Waals surface area contributed by atoms with Crippen LogP contribution in [0.15, 0.2) is 48.1 Å². The Bertz CT molecular complexity index is 388. The molecule has 15 heavy (non-hydrogen) atoms. The van der Waals surface area contributed by atoms with Crippen LogP contribution in [0.3, 0.4) is 0 Å². The molecule has 1 aromatic rings. The van der Waals surface area contributed by atoms with Crippen molar-refractivity contribution >= 4 is 0 Å². The maximum absolute atomic E-state index is 13.3. The van der Waals surface area contributed by atoms with Gasteiger partial charge in [0.1, 0.15) is 5.82 Å². The molecular weight excluding hydrogens is 187 g/mol. The second-order valence-corrected chi connectivity index (χ2v) is 3.85. The first kappa shape index (κ1) is 10.2. The van der Waals surface area contributed by atoms with Gasteiger partial charge in [-0.2, -0.15) is 0 Å². The number of halogens is 1. The summed E-state index contributed by atoms with van der Waals surface area (Å²) in [6, 6.07) is 7.02. The maximum Gasteiger partial charge on any atom is 0.126 e. The lowest BCUT2D eigenvalue weighted by Crippen LogP contribution is -1.93. The molecule has 0 unspecified atom stereocenters. The lowest BCUT2D eigenvalue weighted by Gasteiger charge is -2.07. The van der Waals surface area contributed by atoms with E-state index in [1.807, 2.05) is 12.1 Å². The second-order valence-electron chi connectivity index (χ2n) is 3.85. The highest BCUT2D eigenvalue weighted by atomic mass is 19.1. The van der Waals surface area contributed by atoms with Crippen molar-refractivity contribution in [3.8, 4) is 0 Å². The SMILES string of the molecule is Fc1ccccc1CCC1=CCCC=C1. The molecule has 2 rings (SSSR count). The molecule has 0 aromatic heterocycles. The number of hydrogen-bond donors (Lipinski definition) is 0. The molecule has 0 nitrogen and oxygen atoms in total. The van der Waals surface area contributed by atoms with Crippen LogP contribution in [0.5, 0.6) is 0 Å². The summed E-state index contributed by atoms with van der Waals surface area (Å²) in [5.41, 5.74) is 2.15. The first-order chi connectivity index (χ1) is 7.36. The van der Waals surface area contributed by atoms with Gasteiger partial charge in [0.05, 0.1) is 0 Å². The fourth-order valence-electron chi connectivity index (χ4n) is 1.83. The largest absolute Gasteiger partial charge is 0.207 e. The molecule has 0 saturated heterocycles. The average molecular weight is 202 g/mol. The summed E-state index contributed by atoms with van der Waals surface area (Å²) in [7, 11) is 0. The summed E-state index contributed by atoms with van der Waals surface area (Å²) in [4.78, 5) is 0. The predicted octanol–water partition coefficient (Wildman–Crippen LogP) is 4.03. The van der Waals surface area contributed by atoms with Gasteiger partial charge in [0, 0.05) is 0 Å². The Labute approximate surface area is 90.1 Å². The number of hydrogen-bond acceptors (Lipinski definition) is 0. The number of benzene rings is 1. The molecule has 0 saturated carbocycles. The van der Waals surface area contributed by atoms with Crippen molar-refractivity contribution < 1.29 is 4.39 Å². The molecule has 1 heteroatoms. The van der Waals surface area contributed by atoms with Crippen molar-refractivity contribution in [1.29, 1.82) is 0 Å². The molecular formula is C14H15F. The number of aryl methyl sites for hydroxylation is 1. The van der Waals surface area contributed by atoms with E-state index in [4.69, 9.17) is 0 Å². The molecule has 0 bridgehead atoms. The van der Waals surface area contributed by atoms with Crippen LogP contribution in [0.25, 0.3) is 0 Å². The molecule has 1 aliphatic rings. The first-order valence-electron chi connectivity index (χ1n) is 5.45. The first-order valence-corrected chi connectivity index (χ1v) is 5.45. The molecule has 0 aliphatic heterocycles. The zero-order valence-corrected chi connectivity index (χ0v) is 8.75. The molecule has 0 atom stereocenters. The van der Waals surface area contributed by atoms with Gasteiger partial charge in [0.15, 0.2) is 0 Å². The van der Waals surface area contributed by atoms with Crippen molar-refractivity contribution in [3.05, 3.63) is 59.4 Å². The van der Waals surface area contributed by atoms with Gasteiger partial charge in [-0.25, -0.2) is 4.39 Å².